The van der Waals surface area contributed by atoms with Gasteiger partial charge in [-0.05, 0) is 32.9 Å². The summed E-state index contributed by atoms with van der Waals surface area (Å²) >= 11 is 0. The van der Waals surface area contributed by atoms with E-state index in [1.165, 1.54) is 0 Å². The first kappa shape index (κ1) is 13.5. The third kappa shape index (κ3) is 2.89. The van der Waals surface area contributed by atoms with Crippen LogP contribution in [-0.2, 0) is 6.42 Å². The lowest BCUT2D eigenvalue weighted by Gasteiger charge is -2.12. The highest BCUT2D eigenvalue weighted by Gasteiger charge is 2.11. The van der Waals surface area contributed by atoms with Gasteiger partial charge in [0, 0.05) is 36.0 Å². The summed E-state index contributed by atoms with van der Waals surface area (Å²) in [6.45, 7) is 9.02. The van der Waals surface area contributed by atoms with Gasteiger partial charge >= 0.3 is 0 Å². The predicted molar refractivity (Wildman–Crippen MR) is 78.3 cm³/mol. The van der Waals surface area contributed by atoms with E-state index in [1.54, 1.807) is 0 Å². The Kier molecular flexibility index (Phi) is 4.10. The molecule has 19 heavy (non-hydrogen) atoms. The van der Waals surface area contributed by atoms with Crippen LogP contribution in [0.2, 0.25) is 0 Å². The first-order valence-corrected chi connectivity index (χ1v) is 6.70. The van der Waals surface area contributed by atoms with Gasteiger partial charge in [-0.25, -0.2) is 9.97 Å². The van der Waals surface area contributed by atoms with Gasteiger partial charge in [-0.2, -0.15) is 0 Å². The monoisotopic (exact) mass is 256 g/mol. The molecule has 0 unspecified atom stereocenters. The fourth-order valence-electron chi connectivity index (χ4n) is 1.95. The summed E-state index contributed by atoms with van der Waals surface area (Å²) in [6, 6.07) is 4.07. The molecule has 2 rings (SSSR count). The molecule has 2 aromatic rings. The number of aryl methyl sites for hydroxylation is 2. The van der Waals surface area contributed by atoms with E-state index in [4.69, 9.17) is 0 Å². The summed E-state index contributed by atoms with van der Waals surface area (Å²) in [5, 5.41) is 3.30. The maximum atomic E-state index is 4.64. The number of pyridine rings is 1. The van der Waals surface area contributed by atoms with Crippen molar-refractivity contribution in [3.8, 4) is 11.3 Å². The molecule has 0 aliphatic heterocycles. The van der Waals surface area contributed by atoms with E-state index in [9.17, 15) is 0 Å². The molecule has 4 heteroatoms. The second-order valence-corrected chi connectivity index (χ2v) is 4.53. The Labute approximate surface area is 114 Å². The van der Waals surface area contributed by atoms with Crippen LogP contribution in [0, 0.1) is 13.8 Å². The molecule has 100 valence electrons. The van der Waals surface area contributed by atoms with Crippen molar-refractivity contribution in [1.29, 1.82) is 0 Å². The van der Waals surface area contributed by atoms with Crippen molar-refractivity contribution in [3.63, 3.8) is 0 Å². The standard InChI is InChI=1S/C15H20N4/c1-5-13-18-14(11(4)15(19-13)16-6-2)12-8-7-10(3)17-9-12/h7-9H,5-6H2,1-4H3,(H,16,18,19). The summed E-state index contributed by atoms with van der Waals surface area (Å²) < 4.78 is 0. The Morgan fingerprint density at radius 1 is 1.11 bits per heavy atom. The van der Waals surface area contributed by atoms with Crippen LogP contribution in [0.5, 0.6) is 0 Å². The van der Waals surface area contributed by atoms with Gasteiger partial charge < -0.3 is 5.32 Å². The van der Waals surface area contributed by atoms with Crippen molar-refractivity contribution in [2.45, 2.75) is 34.1 Å². The lowest BCUT2D eigenvalue weighted by molar-refractivity contribution is 0.929. The van der Waals surface area contributed by atoms with E-state index in [2.05, 4.69) is 40.2 Å². The van der Waals surface area contributed by atoms with Gasteiger partial charge in [0.25, 0.3) is 0 Å². The van der Waals surface area contributed by atoms with Gasteiger partial charge in [0.1, 0.15) is 11.6 Å². The van der Waals surface area contributed by atoms with E-state index in [0.29, 0.717) is 0 Å². The molecule has 2 heterocycles. The lowest BCUT2D eigenvalue weighted by atomic mass is 10.1. The van der Waals surface area contributed by atoms with E-state index >= 15 is 0 Å². The zero-order valence-corrected chi connectivity index (χ0v) is 12.0. The normalized spacial score (nSPS) is 10.5. The highest BCUT2D eigenvalue weighted by molar-refractivity contribution is 5.67. The number of nitrogens with one attached hydrogen (secondary N) is 1. The number of hydrogen-bond acceptors (Lipinski definition) is 4. The topological polar surface area (TPSA) is 50.7 Å². The average molecular weight is 256 g/mol. The number of aromatic nitrogens is 3. The molecule has 2 aromatic heterocycles. The molecule has 0 atom stereocenters. The highest BCUT2D eigenvalue weighted by atomic mass is 15.0. The van der Waals surface area contributed by atoms with Crippen LogP contribution in [0.3, 0.4) is 0 Å². The van der Waals surface area contributed by atoms with Crippen LogP contribution in [-0.4, -0.2) is 21.5 Å². The van der Waals surface area contributed by atoms with Crippen LogP contribution in [0.1, 0.15) is 30.9 Å². The first-order chi connectivity index (χ1) is 9.15. The summed E-state index contributed by atoms with van der Waals surface area (Å²) in [4.78, 5) is 13.5. The van der Waals surface area contributed by atoms with Gasteiger partial charge in [-0.1, -0.05) is 6.92 Å². The molecule has 0 aliphatic carbocycles. The van der Waals surface area contributed by atoms with Crippen LogP contribution in [0.25, 0.3) is 11.3 Å². The minimum atomic E-state index is 0.824. The van der Waals surface area contributed by atoms with Crippen molar-refractivity contribution < 1.29 is 0 Å². The average Bonchev–Trinajstić information content (AvgIpc) is 2.42. The van der Waals surface area contributed by atoms with E-state index < -0.39 is 0 Å². The Bertz CT molecular complexity index is 561. The van der Waals surface area contributed by atoms with Crippen molar-refractivity contribution in [2.75, 3.05) is 11.9 Å². The van der Waals surface area contributed by atoms with Crippen LogP contribution < -0.4 is 5.32 Å². The lowest BCUT2D eigenvalue weighted by Crippen LogP contribution is -2.07. The zero-order valence-electron chi connectivity index (χ0n) is 12.0. The quantitative estimate of drug-likeness (QED) is 0.913. The zero-order chi connectivity index (χ0) is 13.8. The van der Waals surface area contributed by atoms with Gasteiger partial charge in [0.05, 0.1) is 5.69 Å². The van der Waals surface area contributed by atoms with E-state index in [-0.39, 0.29) is 0 Å². The van der Waals surface area contributed by atoms with E-state index in [1.807, 2.05) is 26.1 Å². The molecule has 4 nitrogen and oxygen atoms in total. The second-order valence-electron chi connectivity index (χ2n) is 4.53. The predicted octanol–water partition coefficient (Wildman–Crippen LogP) is 3.15. The molecule has 0 saturated heterocycles. The molecule has 0 spiro atoms. The van der Waals surface area contributed by atoms with Crippen LogP contribution in [0.4, 0.5) is 5.82 Å². The largest absolute Gasteiger partial charge is 0.370 e. The smallest absolute Gasteiger partial charge is 0.133 e. The molecule has 0 aliphatic rings. The van der Waals surface area contributed by atoms with Crippen LogP contribution >= 0.6 is 0 Å². The van der Waals surface area contributed by atoms with Gasteiger partial charge in [-0.15, -0.1) is 0 Å². The van der Waals surface area contributed by atoms with Gasteiger partial charge in [0.2, 0.25) is 0 Å². The summed E-state index contributed by atoms with van der Waals surface area (Å²) in [5.74, 6) is 1.78. The Hall–Kier alpha value is -1.97. The van der Waals surface area contributed by atoms with Gasteiger partial charge in [0.15, 0.2) is 0 Å². The second kappa shape index (κ2) is 5.78. The van der Waals surface area contributed by atoms with Crippen molar-refractivity contribution in [2.24, 2.45) is 0 Å². The fraction of sp³-hybridized carbons (Fsp3) is 0.400. The summed E-state index contributed by atoms with van der Waals surface area (Å²) in [5.41, 5.74) is 4.09. The molecule has 0 amide bonds. The molecular formula is C15H20N4. The third-order valence-electron chi connectivity index (χ3n) is 3.04. The fourth-order valence-corrected chi connectivity index (χ4v) is 1.95. The SMILES string of the molecule is CCNc1nc(CC)nc(-c2ccc(C)nc2)c1C. The molecule has 0 aromatic carbocycles. The summed E-state index contributed by atoms with van der Waals surface area (Å²) in [7, 11) is 0. The van der Waals surface area contributed by atoms with Crippen molar-refractivity contribution in [1.82, 2.24) is 15.0 Å². The number of rotatable bonds is 4. The van der Waals surface area contributed by atoms with E-state index in [0.717, 1.165) is 47.1 Å². The number of anilines is 1. The Morgan fingerprint density at radius 2 is 1.89 bits per heavy atom. The summed E-state index contributed by atoms with van der Waals surface area (Å²) in [6.07, 6.45) is 2.70. The van der Waals surface area contributed by atoms with Gasteiger partial charge in [-0.3, -0.25) is 4.98 Å². The molecule has 0 saturated carbocycles. The molecule has 0 radical (unpaired) electrons. The minimum absolute atomic E-state index is 0.824. The number of nitrogens with zero attached hydrogens (tertiary/aromatic N) is 3. The number of hydrogen-bond donors (Lipinski definition) is 1. The molecule has 0 bridgehead atoms. The molecule has 1 N–H and O–H groups in total. The maximum Gasteiger partial charge on any atom is 0.133 e. The first-order valence-electron chi connectivity index (χ1n) is 6.70. The van der Waals surface area contributed by atoms with Crippen molar-refractivity contribution in [3.05, 3.63) is 35.4 Å². The maximum absolute atomic E-state index is 4.64. The van der Waals surface area contributed by atoms with Crippen LogP contribution in [0.15, 0.2) is 18.3 Å². The van der Waals surface area contributed by atoms with Crippen molar-refractivity contribution >= 4 is 5.82 Å². The minimum Gasteiger partial charge on any atom is -0.370 e. The Balaban J connectivity index is 2.54. The molecular weight excluding hydrogens is 236 g/mol. The Morgan fingerprint density at radius 3 is 2.47 bits per heavy atom. The highest BCUT2D eigenvalue weighted by Crippen LogP contribution is 2.25. The third-order valence-corrected chi connectivity index (χ3v) is 3.04. The molecule has 0 fully saturated rings.